The molecule has 1 unspecified atom stereocenters. The van der Waals surface area contributed by atoms with E-state index >= 15 is 0 Å². The van der Waals surface area contributed by atoms with Gasteiger partial charge >= 0.3 is 0 Å². The molecule has 2 nitrogen and oxygen atoms in total. The minimum atomic E-state index is -0.292. The van der Waals surface area contributed by atoms with Gasteiger partial charge in [0.15, 0.2) is 0 Å². The monoisotopic (exact) mass is 325 g/mol. The highest BCUT2D eigenvalue weighted by molar-refractivity contribution is 5.59. The van der Waals surface area contributed by atoms with Crippen molar-refractivity contribution in [3.63, 3.8) is 0 Å². The molecule has 2 saturated carbocycles. The third kappa shape index (κ3) is 2.85. The van der Waals surface area contributed by atoms with Gasteiger partial charge in [0.1, 0.15) is 0 Å². The molecule has 1 aromatic carbocycles. The van der Waals surface area contributed by atoms with Gasteiger partial charge in [0, 0.05) is 29.0 Å². The van der Waals surface area contributed by atoms with Gasteiger partial charge in [-0.05, 0) is 51.2 Å². The second-order valence-electron chi connectivity index (χ2n) is 7.92. The molecule has 1 aliphatic heterocycles. The average molecular weight is 326 g/mol. The third-order valence-electron chi connectivity index (χ3n) is 6.34. The van der Waals surface area contributed by atoms with Crippen molar-refractivity contribution in [2.45, 2.75) is 77.7 Å². The molecular formula is C22H32N2. The Morgan fingerprint density at radius 3 is 2.29 bits per heavy atom. The smallest absolute Gasteiger partial charge is 0.0949 e. The Labute approximate surface area is 148 Å². The summed E-state index contributed by atoms with van der Waals surface area (Å²) < 4.78 is 9.15. The van der Waals surface area contributed by atoms with Crippen LogP contribution in [0.3, 0.4) is 0 Å². The minimum absolute atomic E-state index is 0.292. The second-order valence-corrected chi connectivity index (χ2v) is 7.92. The van der Waals surface area contributed by atoms with Crippen molar-refractivity contribution in [1.82, 2.24) is 4.90 Å². The molecule has 0 saturated heterocycles. The number of nitrogens with zero attached hydrogens (tertiary/aromatic N) is 2. The summed E-state index contributed by atoms with van der Waals surface area (Å²) in [6, 6.07) is 9.14. The van der Waals surface area contributed by atoms with Crippen molar-refractivity contribution in [1.29, 1.82) is 0 Å². The number of allylic oxidation sites excluding steroid dienone is 2. The summed E-state index contributed by atoms with van der Waals surface area (Å²) in [5.74, 6) is 0.670. The highest BCUT2D eigenvalue weighted by Gasteiger charge is 2.37. The first kappa shape index (κ1) is 14.9. The summed E-state index contributed by atoms with van der Waals surface area (Å²) in [5, 5.41) is 0. The molecule has 1 heterocycles. The Bertz CT molecular complexity index is 641. The fraction of sp³-hybridized carbons (Fsp3) is 0.636. The fourth-order valence-corrected chi connectivity index (χ4v) is 5.02. The molecule has 2 fully saturated rings. The van der Waals surface area contributed by atoms with E-state index in [0.717, 1.165) is 0 Å². The van der Waals surface area contributed by atoms with Gasteiger partial charge in [0.2, 0.25) is 0 Å². The van der Waals surface area contributed by atoms with Crippen LogP contribution >= 0.6 is 0 Å². The van der Waals surface area contributed by atoms with Crippen LogP contribution in [0.25, 0.3) is 0 Å². The lowest BCUT2D eigenvalue weighted by atomic mass is 9.92. The number of aryl methyl sites for hydroxylation is 1. The van der Waals surface area contributed by atoms with Crippen LogP contribution in [0.4, 0.5) is 5.69 Å². The molecule has 0 N–H and O–H groups in total. The normalized spacial score (nSPS) is 27.2. The first-order valence-electron chi connectivity index (χ1n) is 10.5. The first-order chi connectivity index (χ1) is 12.2. The van der Waals surface area contributed by atoms with Crippen molar-refractivity contribution < 1.29 is 1.37 Å². The summed E-state index contributed by atoms with van der Waals surface area (Å²) in [4.78, 5) is 4.83. The lowest BCUT2D eigenvalue weighted by Gasteiger charge is -2.36. The van der Waals surface area contributed by atoms with E-state index in [1.807, 2.05) is 0 Å². The minimum Gasteiger partial charge on any atom is -0.352 e. The first-order valence-corrected chi connectivity index (χ1v) is 9.94. The Hall–Kier alpha value is -1.44. The van der Waals surface area contributed by atoms with Crippen LogP contribution in [0.5, 0.6) is 0 Å². The lowest BCUT2D eigenvalue weighted by molar-refractivity contribution is 0.197. The fourth-order valence-electron chi connectivity index (χ4n) is 5.02. The highest BCUT2D eigenvalue weighted by atomic mass is 15.4. The molecule has 0 amide bonds. The standard InChI is InChI=1S/C22H32N2/c1-17-10-6-9-15-21(17)23-16-24(20-13-4-3-5-14-20)22(18(23)2)19-11-7-8-12-19/h6,9-10,15,19-20H,3-5,7-8,11-14,16H2,1-2H3/i16D. The van der Waals surface area contributed by atoms with Crippen molar-refractivity contribution >= 4 is 5.69 Å². The van der Waals surface area contributed by atoms with E-state index < -0.39 is 0 Å². The molecule has 24 heavy (non-hydrogen) atoms. The predicted molar refractivity (Wildman–Crippen MR) is 102 cm³/mol. The van der Waals surface area contributed by atoms with E-state index in [2.05, 4.69) is 47.9 Å². The predicted octanol–water partition coefficient (Wildman–Crippen LogP) is 5.83. The maximum Gasteiger partial charge on any atom is 0.0949 e. The van der Waals surface area contributed by atoms with Crippen molar-refractivity contribution in [2.24, 2.45) is 5.92 Å². The van der Waals surface area contributed by atoms with Crippen molar-refractivity contribution in [3.05, 3.63) is 41.2 Å². The number of hydrogen-bond donors (Lipinski definition) is 0. The topological polar surface area (TPSA) is 6.48 Å². The molecule has 0 aromatic heterocycles. The SMILES string of the molecule is [2H]C1N(c2ccccc2C)C(C)=C(C2CCCC2)N1C1CCCCC1. The molecule has 3 aliphatic rings. The van der Waals surface area contributed by atoms with Gasteiger partial charge in [-0.1, -0.05) is 50.3 Å². The molecule has 1 aromatic rings. The van der Waals surface area contributed by atoms with Crippen LogP contribution in [0.1, 0.15) is 71.6 Å². The van der Waals surface area contributed by atoms with Crippen molar-refractivity contribution in [3.8, 4) is 0 Å². The number of anilines is 1. The van der Waals surface area contributed by atoms with Gasteiger partial charge < -0.3 is 9.80 Å². The summed E-state index contributed by atoms with van der Waals surface area (Å²) >= 11 is 0. The van der Waals surface area contributed by atoms with Gasteiger partial charge in [0.25, 0.3) is 0 Å². The number of para-hydroxylation sites is 1. The molecule has 0 radical (unpaired) electrons. The van der Waals surface area contributed by atoms with E-state index in [1.54, 1.807) is 0 Å². The molecular weight excluding hydrogens is 292 g/mol. The van der Waals surface area contributed by atoms with Gasteiger partial charge in [-0.3, -0.25) is 0 Å². The largest absolute Gasteiger partial charge is 0.352 e. The van der Waals surface area contributed by atoms with E-state index in [-0.39, 0.29) is 6.64 Å². The van der Waals surface area contributed by atoms with Crippen LogP contribution < -0.4 is 4.90 Å². The number of rotatable bonds is 3. The molecule has 4 rings (SSSR count). The molecule has 1 atom stereocenters. The van der Waals surface area contributed by atoms with E-state index in [1.165, 1.54) is 80.4 Å². The maximum atomic E-state index is 9.15. The Kier molecular flexibility index (Phi) is 4.22. The van der Waals surface area contributed by atoms with E-state index in [4.69, 9.17) is 1.37 Å². The number of hydrogen-bond acceptors (Lipinski definition) is 2. The van der Waals surface area contributed by atoms with E-state index in [9.17, 15) is 0 Å². The zero-order valence-corrected chi connectivity index (χ0v) is 15.3. The zero-order valence-electron chi connectivity index (χ0n) is 16.3. The van der Waals surface area contributed by atoms with Crippen molar-refractivity contribution in [2.75, 3.05) is 11.5 Å². The third-order valence-corrected chi connectivity index (χ3v) is 6.34. The molecule has 130 valence electrons. The maximum absolute atomic E-state index is 9.15. The van der Waals surface area contributed by atoms with Gasteiger partial charge in [-0.15, -0.1) is 0 Å². The van der Waals surface area contributed by atoms with Gasteiger partial charge in [0.05, 0.1) is 8.02 Å². The quantitative estimate of drug-likeness (QED) is 0.690. The van der Waals surface area contributed by atoms with Gasteiger partial charge in [-0.2, -0.15) is 0 Å². The van der Waals surface area contributed by atoms with Crippen LogP contribution in [0.2, 0.25) is 0 Å². The Balaban J connectivity index is 1.74. The average Bonchev–Trinajstić information content (AvgIpc) is 3.23. The van der Waals surface area contributed by atoms with Crippen LogP contribution in [-0.2, 0) is 0 Å². The van der Waals surface area contributed by atoms with Gasteiger partial charge in [-0.25, -0.2) is 0 Å². The Morgan fingerprint density at radius 2 is 1.58 bits per heavy atom. The Morgan fingerprint density at radius 1 is 0.917 bits per heavy atom. The lowest BCUT2D eigenvalue weighted by Crippen LogP contribution is -2.38. The van der Waals surface area contributed by atoms with Crippen LogP contribution in [0, 0.1) is 12.8 Å². The summed E-state index contributed by atoms with van der Waals surface area (Å²) in [6.07, 6.45) is 11.9. The highest BCUT2D eigenvalue weighted by Crippen LogP contribution is 2.43. The van der Waals surface area contributed by atoms with Crippen LogP contribution in [0.15, 0.2) is 35.7 Å². The van der Waals surface area contributed by atoms with E-state index in [0.29, 0.717) is 12.0 Å². The molecule has 0 spiro atoms. The van der Waals surface area contributed by atoms with Crippen LogP contribution in [-0.4, -0.2) is 17.6 Å². The molecule has 0 bridgehead atoms. The molecule has 2 heteroatoms. The summed E-state index contributed by atoms with van der Waals surface area (Å²) in [7, 11) is 0. The second kappa shape index (κ2) is 6.82. The summed E-state index contributed by atoms with van der Waals surface area (Å²) in [5.41, 5.74) is 5.34. The zero-order chi connectivity index (χ0) is 17.4. The number of benzene rings is 1. The molecule has 2 aliphatic carbocycles. The summed E-state index contributed by atoms with van der Waals surface area (Å²) in [6.45, 7) is 4.15.